The van der Waals surface area contributed by atoms with Crippen LogP contribution in [0.2, 0.25) is 0 Å². The van der Waals surface area contributed by atoms with Gasteiger partial charge in [-0.15, -0.1) is 0 Å². The third kappa shape index (κ3) is 2.78. The van der Waals surface area contributed by atoms with Crippen molar-refractivity contribution in [2.45, 2.75) is 24.3 Å². The van der Waals surface area contributed by atoms with Gasteiger partial charge in [0.25, 0.3) is 0 Å². The molecule has 0 bridgehead atoms. The number of aromatic nitrogens is 1. The third-order valence-electron chi connectivity index (χ3n) is 5.41. The monoisotopic (exact) mass is 364 g/mol. The summed E-state index contributed by atoms with van der Waals surface area (Å²) in [5.41, 5.74) is 1.99. The molecule has 0 unspecified atom stereocenters. The van der Waals surface area contributed by atoms with Crippen LogP contribution in [0, 0.1) is 0 Å². The van der Waals surface area contributed by atoms with Gasteiger partial charge in [0, 0.05) is 29.8 Å². The molecule has 6 heteroatoms. The van der Waals surface area contributed by atoms with Gasteiger partial charge in [-0.2, -0.15) is 0 Å². The molecule has 6 nitrogen and oxygen atoms in total. The molecule has 2 aromatic carbocycles. The zero-order chi connectivity index (χ0) is 19.0. The van der Waals surface area contributed by atoms with E-state index >= 15 is 0 Å². The number of benzene rings is 2. The standard InChI is InChI=1S/C21H20N2O4/c24-17(25)10-11-21(20(26)27)19-18(14-8-4-5-9-16(14)23-19)15(12-22-21)13-6-2-1-3-7-13/h1-9,15,22-23H,10-12H2,(H,24,25)(H,26,27)/t15-,21-/m0/s1. The number of carbonyl (C=O) groups is 2. The Morgan fingerprint density at radius 2 is 1.74 bits per heavy atom. The molecule has 138 valence electrons. The number of fused-ring (bicyclic) bond motifs is 3. The molecule has 1 aliphatic rings. The fraction of sp³-hybridized carbons (Fsp3) is 0.238. The number of aliphatic carboxylic acids is 2. The maximum absolute atomic E-state index is 12.3. The Kier molecular flexibility index (Phi) is 4.20. The number of hydrogen-bond acceptors (Lipinski definition) is 3. The molecule has 0 saturated heterocycles. The van der Waals surface area contributed by atoms with Gasteiger partial charge in [-0.25, -0.2) is 4.79 Å². The highest BCUT2D eigenvalue weighted by Crippen LogP contribution is 2.43. The minimum absolute atomic E-state index is 0.0188. The molecule has 27 heavy (non-hydrogen) atoms. The van der Waals surface area contributed by atoms with E-state index < -0.39 is 17.5 Å². The fourth-order valence-electron chi connectivity index (χ4n) is 4.10. The highest BCUT2D eigenvalue weighted by molar-refractivity contribution is 5.91. The van der Waals surface area contributed by atoms with Crippen LogP contribution in [0.1, 0.15) is 35.6 Å². The van der Waals surface area contributed by atoms with Gasteiger partial charge >= 0.3 is 11.9 Å². The lowest BCUT2D eigenvalue weighted by molar-refractivity contribution is -0.147. The van der Waals surface area contributed by atoms with Crippen molar-refractivity contribution in [3.63, 3.8) is 0 Å². The van der Waals surface area contributed by atoms with Crippen molar-refractivity contribution in [3.05, 3.63) is 71.4 Å². The Morgan fingerprint density at radius 3 is 2.44 bits per heavy atom. The van der Waals surface area contributed by atoms with Gasteiger partial charge in [0.2, 0.25) is 0 Å². The molecule has 3 aromatic rings. The second kappa shape index (κ2) is 6.55. The van der Waals surface area contributed by atoms with Crippen molar-refractivity contribution in [3.8, 4) is 0 Å². The lowest BCUT2D eigenvalue weighted by Gasteiger charge is -2.38. The van der Waals surface area contributed by atoms with E-state index in [9.17, 15) is 14.7 Å². The summed E-state index contributed by atoms with van der Waals surface area (Å²) in [4.78, 5) is 26.7. The fourth-order valence-corrected chi connectivity index (χ4v) is 4.10. The van der Waals surface area contributed by atoms with E-state index in [0.29, 0.717) is 12.2 Å². The quantitative estimate of drug-likeness (QED) is 0.557. The smallest absolute Gasteiger partial charge is 0.330 e. The van der Waals surface area contributed by atoms with Gasteiger partial charge in [0.05, 0.1) is 5.69 Å². The van der Waals surface area contributed by atoms with Crippen LogP contribution in [-0.2, 0) is 15.1 Å². The highest BCUT2D eigenvalue weighted by atomic mass is 16.4. The minimum atomic E-state index is -1.45. The van der Waals surface area contributed by atoms with E-state index in [2.05, 4.69) is 10.3 Å². The van der Waals surface area contributed by atoms with Gasteiger partial charge < -0.3 is 15.2 Å². The summed E-state index contributed by atoms with van der Waals surface area (Å²) in [5, 5.41) is 23.3. The summed E-state index contributed by atoms with van der Waals surface area (Å²) in [5.74, 6) is -2.10. The molecular formula is C21H20N2O4. The summed E-state index contributed by atoms with van der Waals surface area (Å²) >= 11 is 0. The molecule has 0 spiro atoms. The van der Waals surface area contributed by atoms with Gasteiger partial charge in [-0.1, -0.05) is 48.5 Å². The first-order valence-corrected chi connectivity index (χ1v) is 8.89. The van der Waals surface area contributed by atoms with Crippen molar-refractivity contribution >= 4 is 22.8 Å². The predicted octanol–water partition coefficient (Wildman–Crippen LogP) is 3.05. The third-order valence-corrected chi connectivity index (χ3v) is 5.41. The van der Waals surface area contributed by atoms with E-state index in [1.807, 2.05) is 54.6 Å². The average molecular weight is 364 g/mol. The number of aromatic amines is 1. The van der Waals surface area contributed by atoms with E-state index in [-0.39, 0.29) is 18.8 Å². The van der Waals surface area contributed by atoms with Crippen molar-refractivity contribution in [2.75, 3.05) is 6.54 Å². The molecule has 0 aliphatic carbocycles. The van der Waals surface area contributed by atoms with E-state index in [4.69, 9.17) is 5.11 Å². The lowest BCUT2D eigenvalue weighted by atomic mass is 9.77. The highest BCUT2D eigenvalue weighted by Gasteiger charge is 2.48. The molecular weight excluding hydrogens is 344 g/mol. The van der Waals surface area contributed by atoms with Gasteiger partial charge in [0.1, 0.15) is 0 Å². The Balaban J connectivity index is 1.94. The van der Waals surface area contributed by atoms with E-state index in [0.717, 1.165) is 22.0 Å². The van der Waals surface area contributed by atoms with Crippen molar-refractivity contribution in [2.24, 2.45) is 0 Å². The second-order valence-corrected chi connectivity index (χ2v) is 6.91. The van der Waals surface area contributed by atoms with Crippen LogP contribution in [0.4, 0.5) is 0 Å². The number of carboxylic acid groups (broad SMARTS) is 2. The average Bonchev–Trinajstić information content (AvgIpc) is 3.07. The number of para-hydroxylation sites is 1. The molecule has 2 heterocycles. The van der Waals surface area contributed by atoms with Gasteiger partial charge in [-0.3, -0.25) is 10.1 Å². The molecule has 1 aromatic heterocycles. The Labute approximate surface area is 155 Å². The number of rotatable bonds is 5. The zero-order valence-corrected chi connectivity index (χ0v) is 14.6. The van der Waals surface area contributed by atoms with Crippen molar-refractivity contribution < 1.29 is 19.8 Å². The van der Waals surface area contributed by atoms with Crippen LogP contribution in [0.3, 0.4) is 0 Å². The first-order chi connectivity index (χ1) is 13.0. The second-order valence-electron chi connectivity index (χ2n) is 6.91. The van der Waals surface area contributed by atoms with Gasteiger partial charge in [-0.05, 0) is 23.6 Å². The molecule has 0 radical (unpaired) electrons. The van der Waals surface area contributed by atoms with Crippen LogP contribution in [0.5, 0.6) is 0 Å². The maximum atomic E-state index is 12.3. The zero-order valence-electron chi connectivity index (χ0n) is 14.6. The van der Waals surface area contributed by atoms with Gasteiger partial charge in [0.15, 0.2) is 5.54 Å². The largest absolute Gasteiger partial charge is 0.481 e. The normalized spacial score (nSPS) is 21.7. The number of hydrogen-bond donors (Lipinski definition) is 4. The Morgan fingerprint density at radius 1 is 1.04 bits per heavy atom. The summed E-state index contributed by atoms with van der Waals surface area (Å²) < 4.78 is 0. The maximum Gasteiger partial charge on any atom is 0.330 e. The summed E-state index contributed by atoms with van der Waals surface area (Å²) in [6, 6.07) is 17.7. The predicted molar refractivity (Wildman–Crippen MR) is 101 cm³/mol. The number of H-pyrrole nitrogens is 1. The lowest BCUT2D eigenvalue weighted by Crippen LogP contribution is -2.54. The van der Waals surface area contributed by atoms with Crippen LogP contribution in [-0.4, -0.2) is 33.7 Å². The van der Waals surface area contributed by atoms with Crippen LogP contribution in [0.25, 0.3) is 10.9 Å². The Hall–Kier alpha value is -3.12. The molecule has 0 amide bonds. The van der Waals surface area contributed by atoms with E-state index in [1.54, 1.807) is 0 Å². The first kappa shape index (κ1) is 17.3. The molecule has 1 aliphatic heterocycles. The molecule has 0 saturated carbocycles. The topological polar surface area (TPSA) is 102 Å². The van der Waals surface area contributed by atoms with Crippen LogP contribution in [0.15, 0.2) is 54.6 Å². The SMILES string of the molecule is O=C(O)CC[C@]1(C(=O)O)NC[C@@H](c2ccccc2)c2c1[nH]c1ccccc21. The molecule has 4 rings (SSSR count). The molecule has 4 N–H and O–H groups in total. The van der Waals surface area contributed by atoms with Crippen LogP contribution < -0.4 is 5.32 Å². The van der Waals surface area contributed by atoms with Crippen molar-refractivity contribution in [1.82, 2.24) is 10.3 Å². The summed E-state index contributed by atoms with van der Waals surface area (Å²) in [6.45, 7) is 0.421. The molecule has 0 fully saturated rings. The summed E-state index contributed by atoms with van der Waals surface area (Å²) in [6.07, 6.45) is -0.261. The molecule has 2 atom stereocenters. The Bertz CT molecular complexity index is 1010. The van der Waals surface area contributed by atoms with Crippen molar-refractivity contribution in [1.29, 1.82) is 0 Å². The number of carboxylic acids is 2. The summed E-state index contributed by atoms with van der Waals surface area (Å²) in [7, 11) is 0. The minimum Gasteiger partial charge on any atom is -0.481 e. The van der Waals surface area contributed by atoms with E-state index in [1.165, 1.54) is 0 Å². The van der Waals surface area contributed by atoms with Crippen LogP contribution >= 0.6 is 0 Å². The first-order valence-electron chi connectivity index (χ1n) is 8.89. The number of nitrogens with one attached hydrogen (secondary N) is 2.